The molecular formula is C16H10F2N2O2. The molecule has 0 fully saturated rings. The van der Waals surface area contributed by atoms with Crippen LogP contribution in [-0.2, 0) is 0 Å². The van der Waals surface area contributed by atoms with E-state index in [0.29, 0.717) is 16.8 Å². The molecule has 1 heterocycles. The van der Waals surface area contributed by atoms with Crippen molar-refractivity contribution in [2.24, 2.45) is 0 Å². The molecule has 22 heavy (non-hydrogen) atoms. The number of halogens is 2. The van der Waals surface area contributed by atoms with Gasteiger partial charge >= 0.3 is 5.97 Å². The molecular weight excluding hydrogens is 290 g/mol. The second kappa shape index (κ2) is 5.40. The molecule has 2 aromatic carbocycles. The number of carboxylic acids is 1. The second-order valence-electron chi connectivity index (χ2n) is 4.66. The minimum atomic E-state index is -1.03. The zero-order valence-corrected chi connectivity index (χ0v) is 11.2. The maximum absolute atomic E-state index is 13.3. The Labute approximate surface area is 124 Å². The molecule has 0 bridgehead atoms. The highest BCUT2D eigenvalue weighted by Crippen LogP contribution is 2.22. The predicted octanol–water partition coefficient (Wildman–Crippen LogP) is 3.52. The van der Waals surface area contributed by atoms with E-state index in [1.165, 1.54) is 29.1 Å². The van der Waals surface area contributed by atoms with Gasteiger partial charge in [0.1, 0.15) is 0 Å². The Bertz CT molecular complexity index is 859. The molecule has 0 unspecified atom stereocenters. The van der Waals surface area contributed by atoms with Crippen LogP contribution in [0.15, 0.2) is 54.9 Å². The number of rotatable bonds is 3. The molecule has 0 aliphatic carbocycles. The van der Waals surface area contributed by atoms with Crippen LogP contribution in [0.2, 0.25) is 0 Å². The average Bonchev–Trinajstić information content (AvgIpc) is 3.00. The molecule has 1 aromatic heterocycles. The van der Waals surface area contributed by atoms with Gasteiger partial charge in [-0.2, -0.15) is 5.10 Å². The molecule has 0 saturated carbocycles. The minimum Gasteiger partial charge on any atom is -0.478 e. The molecule has 4 nitrogen and oxygen atoms in total. The lowest BCUT2D eigenvalue weighted by molar-refractivity contribution is 0.0697. The third-order valence-corrected chi connectivity index (χ3v) is 3.19. The summed E-state index contributed by atoms with van der Waals surface area (Å²) in [7, 11) is 0. The van der Waals surface area contributed by atoms with Gasteiger partial charge in [0.15, 0.2) is 11.6 Å². The molecule has 0 aliphatic rings. The predicted molar refractivity (Wildman–Crippen MR) is 75.9 cm³/mol. The van der Waals surface area contributed by atoms with Crippen molar-refractivity contribution < 1.29 is 18.7 Å². The molecule has 6 heteroatoms. The van der Waals surface area contributed by atoms with E-state index >= 15 is 0 Å². The van der Waals surface area contributed by atoms with Crippen LogP contribution in [0.1, 0.15) is 10.4 Å². The summed E-state index contributed by atoms with van der Waals surface area (Å²) in [6, 6.07) is 9.85. The molecule has 3 rings (SSSR count). The van der Waals surface area contributed by atoms with Crippen LogP contribution < -0.4 is 0 Å². The molecule has 0 amide bonds. The van der Waals surface area contributed by atoms with Crippen LogP contribution in [0.25, 0.3) is 16.8 Å². The van der Waals surface area contributed by atoms with Crippen LogP contribution in [0, 0.1) is 11.6 Å². The average molecular weight is 300 g/mol. The first-order valence-corrected chi connectivity index (χ1v) is 6.38. The van der Waals surface area contributed by atoms with Gasteiger partial charge < -0.3 is 5.11 Å². The van der Waals surface area contributed by atoms with Crippen molar-refractivity contribution in [2.75, 3.05) is 0 Å². The van der Waals surface area contributed by atoms with Crippen LogP contribution >= 0.6 is 0 Å². The smallest absolute Gasteiger partial charge is 0.335 e. The molecule has 110 valence electrons. The highest BCUT2D eigenvalue weighted by atomic mass is 19.2. The fourth-order valence-electron chi connectivity index (χ4n) is 2.07. The molecule has 1 N–H and O–H groups in total. The summed E-state index contributed by atoms with van der Waals surface area (Å²) in [5.74, 6) is -2.88. The standard InChI is InChI=1S/C16H10F2N2O2/c17-14-5-4-10(7-15(14)18)12-8-19-20(9-12)13-3-1-2-11(6-13)16(21)22/h1-9H,(H,21,22). The van der Waals surface area contributed by atoms with E-state index < -0.39 is 17.6 Å². The first-order valence-electron chi connectivity index (χ1n) is 6.38. The van der Waals surface area contributed by atoms with Crippen molar-refractivity contribution in [1.82, 2.24) is 9.78 Å². The van der Waals surface area contributed by atoms with Crippen molar-refractivity contribution >= 4 is 5.97 Å². The van der Waals surface area contributed by atoms with Gasteiger partial charge in [-0.3, -0.25) is 0 Å². The van der Waals surface area contributed by atoms with E-state index in [2.05, 4.69) is 5.10 Å². The number of carboxylic acid groups (broad SMARTS) is 1. The van der Waals surface area contributed by atoms with Gasteiger partial charge in [-0.1, -0.05) is 12.1 Å². The number of nitrogens with zero attached hydrogens (tertiary/aromatic N) is 2. The lowest BCUT2D eigenvalue weighted by atomic mass is 10.1. The maximum atomic E-state index is 13.3. The van der Waals surface area contributed by atoms with Gasteiger partial charge in [-0.25, -0.2) is 18.3 Å². The van der Waals surface area contributed by atoms with Gasteiger partial charge in [0, 0.05) is 11.8 Å². The molecule has 0 aliphatic heterocycles. The van der Waals surface area contributed by atoms with Crippen molar-refractivity contribution in [2.45, 2.75) is 0 Å². The van der Waals surface area contributed by atoms with Crippen molar-refractivity contribution in [1.29, 1.82) is 0 Å². The molecule has 0 saturated heterocycles. The first-order chi connectivity index (χ1) is 10.5. The zero-order valence-electron chi connectivity index (χ0n) is 11.2. The maximum Gasteiger partial charge on any atom is 0.335 e. The van der Waals surface area contributed by atoms with Crippen LogP contribution in [0.4, 0.5) is 8.78 Å². The highest BCUT2D eigenvalue weighted by Gasteiger charge is 2.09. The molecule has 0 spiro atoms. The van der Waals surface area contributed by atoms with Gasteiger partial charge in [0.05, 0.1) is 17.4 Å². The Kier molecular flexibility index (Phi) is 3.42. The lowest BCUT2D eigenvalue weighted by Crippen LogP contribution is -1.99. The van der Waals surface area contributed by atoms with E-state index in [-0.39, 0.29) is 5.56 Å². The fourth-order valence-corrected chi connectivity index (χ4v) is 2.07. The summed E-state index contributed by atoms with van der Waals surface area (Å²) in [6.07, 6.45) is 3.12. The Morgan fingerprint density at radius 3 is 2.59 bits per heavy atom. The van der Waals surface area contributed by atoms with Crippen molar-refractivity contribution in [3.63, 3.8) is 0 Å². The lowest BCUT2D eigenvalue weighted by Gasteiger charge is -2.02. The largest absolute Gasteiger partial charge is 0.478 e. The number of hydrogen-bond donors (Lipinski definition) is 1. The summed E-state index contributed by atoms with van der Waals surface area (Å²) >= 11 is 0. The van der Waals surface area contributed by atoms with Crippen LogP contribution in [0.3, 0.4) is 0 Å². The quantitative estimate of drug-likeness (QED) is 0.805. The summed E-state index contributed by atoms with van der Waals surface area (Å²) < 4.78 is 27.7. The Morgan fingerprint density at radius 1 is 1.05 bits per heavy atom. The molecule has 3 aromatic rings. The molecule has 0 radical (unpaired) electrons. The SMILES string of the molecule is O=C(O)c1cccc(-n2cc(-c3ccc(F)c(F)c3)cn2)c1. The van der Waals surface area contributed by atoms with Gasteiger partial charge in [0.2, 0.25) is 0 Å². The summed E-state index contributed by atoms with van der Waals surface area (Å²) in [4.78, 5) is 11.0. The van der Waals surface area contributed by atoms with Crippen LogP contribution in [-0.4, -0.2) is 20.9 Å². The Balaban J connectivity index is 1.98. The van der Waals surface area contributed by atoms with Gasteiger partial charge in [0.25, 0.3) is 0 Å². The number of hydrogen-bond acceptors (Lipinski definition) is 2. The highest BCUT2D eigenvalue weighted by molar-refractivity contribution is 5.88. The summed E-state index contributed by atoms with van der Waals surface area (Å²) in [5.41, 5.74) is 1.79. The fraction of sp³-hybridized carbons (Fsp3) is 0. The molecule has 0 atom stereocenters. The Hall–Kier alpha value is -3.02. The minimum absolute atomic E-state index is 0.141. The normalized spacial score (nSPS) is 10.6. The van der Waals surface area contributed by atoms with E-state index in [9.17, 15) is 13.6 Å². The number of benzene rings is 2. The van der Waals surface area contributed by atoms with E-state index in [4.69, 9.17) is 5.11 Å². The summed E-state index contributed by atoms with van der Waals surface area (Å²) in [6.45, 7) is 0. The zero-order chi connectivity index (χ0) is 15.7. The van der Waals surface area contributed by atoms with E-state index in [1.54, 1.807) is 18.3 Å². The van der Waals surface area contributed by atoms with E-state index in [0.717, 1.165) is 12.1 Å². The van der Waals surface area contributed by atoms with Gasteiger partial charge in [-0.05, 0) is 35.9 Å². The van der Waals surface area contributed by atoms with Gasteiger partial charge in [-0.15, -0.1) is 0 Å². The van der Waals surface area contributed by atoms with Crippen molar-refractivity contribution in [3.8, 4) is 16.8 Å². The van der Waals surface area contributed by atoms with E-state index in [1.807, 2.05) is 0 Å². The monoisotopic (exact) mass is 300 g/mol. The third kappa shape index (κ3) is 2.58. The van der Waals surface area contributed by atoms with Crippen molar-refractivity contribution in [3.05, 3.63) is 72.1 Å². The number of carbonyl (C=O) groups is 1. The number of aromatic nitrogens is 2. The Morgan fingerprint density at radius 2 is 1.86 bits per heavy atom. The first kappa shape index (κ1) is 13.9. The number of aromatic carboxylic acids is 1. The summed E-state index contributed by atoms with van der Waals surface area (Å²) in [5, 5.41) is 13.1. The second-order valence-corrected chi connectivity index (χ2v) is 4.66. The topological polar surface area (TPSA) is 55.1 Å². The van der Waals surface area contributed by atoms with Crippen LogP contribution in [0.5, 0.6) is 0 Å². The third-order valence-electron chi connectivity index (χ3n) is 3.19.